The van der Waals surface area contributed by atoms with Gasteiger partial charge in [0.15, 0.2) is 11.5 Å². The van der Waals surface area contributed by atoms with Crippen molar-refractivity contribution in [3.63, 3.8) is 0 Å². The molecule has 0 unspecified atom stereocenters. The van der Waals surface area contributed by atoms with Gasteiger partial charge >= 0.3 is 5.97 Å². The van der Waals surface area contributed by atoms with Crippen LogP contribution in [0.5, 0.6) is 11.5 Å². The first kappa shape index (κ1) is 20.7. The Morgan fingerprint density at radius 2 is 1.73 bits per heavy atom. The van der Waals surface area contributed by atoms with Gasteiger partial charge < -0.3 is 14.2 Å². The van der Waals surface area contributed by atoms with Crippen molar-refractivity contribution in [3.8, 4) is 11.5 Å². The lowest BCUT2D eigenvalue weighted by Crippen LogP contribution is -2.51. The molecule has 0 amide bonds. The second kappa shape index (κ2) is 8.68. The Morgan fingerprint density at radius 3 is 2.40 bits per heavy atom. The fraction of sp³-hybridized carbons (Fsp3) is 0.480. The van der Waals surface area contributed by atoms with Crippen LogP contribution in [0.3, 0.4) is 0 Å². The smallest absolute Gasteiger partial charge is 0.309 e. The van der Waals surface area contributed by atoms with Crippen LogP contribution in [0.4, 0.5) is 0 Å². The van der Waals surface area contributed by atoms with E-state index in [1.54, 1.807) is 14.2 Å². The minimum absolute atomic E-state index is 0.0294. The zero-order valence-corrected chi connectivity index (χ0v) is 18.1. The van der Waals surface area contributed by atoms with E-state index in [2.05, 4.69) is 24.1 Å². The number of ether oxygens (including phenoxy) is 3. The highest BCUT2D eigenvalue weighted by Crippen LogP contribution is 2.49. The molecule has 2 aromatic carbocycles. The van der Waals surface area contributed by atoms with Crippen molar-refractivity contribution in [1.29, 1.82) is 0 Å². The normalized spacial score (nSPS) is 23.6. The first-order valence-electron chi connectivity index (χ1n) is 10.7. The van der Waals surface area contributed by atoms with Crippen LogP contribution in [-0.2, 0) is 28.1 Å². The molecule has 30 heavy (non-hydrogen) atoms. The molecule has 0 N–H and O–H groups in total. The third kappa shape index (κ3) is 3.79. The Labute approximate surface area is 178 Å². The van der Waals surface area contributed by atoms with Gasteiger partial charge in [-0.25, -0.2) is 0 Å². The highest BCUT2D eigenvalue weighted by molar-refractivity contribution is 5.72. The molecule has 1 aliphatic heterocycles. The van der Waals surface area contributed by atoms with Gasteiger partial charge in [-0.15, -0.1) is 0 Å². The maximum absolute atomic E-state index is 12.7. The summed E-state index contributed by atoms with van der Waals surface area (Å²) in [6.07, 6.45) is 4.56. The van der Waals surface area contributed by atoms with Crippen molar-refractivity contribution in [3.05, 3.63) is 59.2 Å². The largest absolute Gasteiger partial charge is 0.493 e. The molecule has 160 valence electrons. The average molecular weight is 410 g/mol. The second-order valence-corrected chi connectivity index (χ2v) is 8.44. The van der Waals surface area contributed by atoms with Crippen LogP contribution in [0, 0.1) is 5.92 Å². The third-order valence-electron chi connectivity index (χ3n) is 6.93. The lowest BCUT2D eigenvalue weighted by molar-refractivity contribution is -0.152. The third-order valence-corrected chi connectivity index (χ3v) is 6.93. The molecule has 0 saturated heterocycles. The summed E-state index contributed by atoms with van der Waals surface area (Å²) >= 11 is 0. The minimum atomic E-state index is -0.0697. The molecule has 1 saturated carbocycles. The summed E-state index contributed by atoms with van der Waals surface area (Å²) in [5.74, 6) is 1.46. The van der Waals surface area contributed by atoms with Gasteiger partial charge in [0.2, 0.25) is 0 Å². The summed E-state index contributed by atoms with van der Waals surface area (Å²) in [4.78, 5) is 15.1. The van der Waals surface area contributed by atoms with Gasteiger partial charge in [0.25, 0.3) is 0 Å². The minimum Gasteiger partial charge on any atom is -0.493 e. The second-order valence-electron chi connectivity index (χ2n) is 8.44. The summed E-state index contributed by atoms with van der Waals surface area (Å²) in [6, 6.07) is 14.1. The fourth-order valence-electron chi connectivity index (χ4n) is 5.10. The van der Waals surface area contributed by atoms with E-state index < -0.39 is 0 Å². The molecule has 4 rings (SSSR count). The number of likely N-dealkylation sites (N-methyl/N-ethyl adjacent to an activating group) is 1. The summed E-state index contributed by atoms with van der Waals surface area (Å²) in [6.45, 7) is 1.35. The highest BCUT2D eigenvalue weighted by Gasteiger charge is 2.45. The lowest BCUT2D eigenvalue weighted by Gasteiger charge is -2.50. The Morgan fingerprint density at radius 1 is 1.07 bits per heavy atom. The number of hydrogen-bond donors (Lipinski definition) is 0. The monoisotopic (exact) mass is 409 g/mol. The quantitative estimate of drug-likeness (QED) is 0.689. The number of nitrogens with zero attached hydrogens (tertiary/aromatic N) is 1. The van der Waals surface area contributed by atoms with Crippen LogP contribution in [0.2, 0.25) is 0 Å². The molecule has 0 aromatic heterocycles. The van der Waals surface area contributed by atoms with Crippen molar-refractivity contribution in [1.82, 2.24) is 4.90 Å². The van der Waals surface area contributed by atoms with E-state index in [-0.39, 0.29) is 17.4 Å². The van der Waals surface area contributed by atoms with Crippen LogP contribution in [0.1, 0.15) is 42.4 Å². The molecule has 1 spiro atoms. The summed E-state index contributed by atoms with van der Waals surface area (Å²) in [5.41, 5.74) is 3.63. The van der Waals surface area contributed by atoms with Crippen LogP contribution in [0.25, 0.3) is 0 Å². The van der Waals surface area contributed by atoms with Gasteiger partial charge in [0.1, 0.15) is 6.61 Å². The molecule has 0 radical (unpaired) electrons. The van der Waals surface area contributed by atoms with Crippen molar-refractivity contribution in [2.24, 2.45) is 5.92 Å². The molecule has 1 heterocycles. The fourth-order valence-corrected chi connectivity index (χ4v) is 5.10. The van der Waals surface area contributed by atoms with Crippen LogP contribution in [-0.4, -0.2) is 38.7 Å². The molecule has 1 aliphatic carbocycles. The Hall–Kier alpha value is -2.53. The topological polar surface area (TPSA) is 48.0 Å². The summed E-state index contributed by atoms with van der Waals surface area (Å²) in [5, 5.41) is 0. The first-order chi connectivity index (χ1) is 14.6. The molecule has 1 fully saturated rings. The molecule has 0 atom stereocenters. The van der Waals surface area contributed by atoms with Crippen LogP contribution in [0.15, 0.2) is 42.5 Å². The predicted molar refractivity (Wildman–Crippen MR) is 116 cm³/mol. The van der Waals surface area contributed by atoms with E-state index in [9.17, 15) is 4.79 Å². The zero-order chi connectivity index (χ0) is 21.1. The number of benzene rings is 2. The van der Waals surface area contributed by atoms with Crippen molar-refractivity contribution in [2.75, 3.05) is 27.8 Å². The van der Waals surface area contributed by atoms with Crippen molar-refractivity contribution >= 4 is 5.97 Å². The predicted octanol–water partition coefficient (Wildman–Crippen LogP) is 4.32. The number of rotatable bonds is 5. The highest BCUT2D eigenvalue weighted by atomic mass is 16.5. The van der Waals surface area contributed by atoms with E-state index in [0.29, 0.717) is 6.61 Å². The molecule has 0 bridgehead atoms. The van der Waals surface area contributed by atoms with E-state index in [4.69, 9.17) is 14.2 Å². The van der Waals surface area contributed by atoms with Gasteiger partial charge in [-0.05, 0) is 68.0 Å². The zero-order valence-electron chi connectivity index (χ0n) is 18.1. The van der Waals surface area contributed by atoms with E-state index in [1.807, 2.05) is 30.3 Å². The molecule has 2 aliphatic rings. The average Bonchev–Trinajstić information content (AvgIpc) is 2.80. The molecular formula is C25H31NO4. The van der Waals surface area contributed by atoms with Crippen LogP contribution < -0.4 is 9.47 Å². The first-order valence-corrected chi connectivity index (χ1v) is 10.7. The van der Waals surface area contributed by atoms with Gasteiger partial charge in [0, 0.05) is 12.1 Å². The van der Waals surface area contributed by atoms with Crippen molar-refractivity contribution < 1.29 is 19.0 Å². The van der Waals surface area contributed by atoms with Gasteiger partial charge in [-0.1, -0.05) is 30.3 Å². The Bertz CT molecular complexity index is 888. The van der Waals surface area contributed by atoms with Crippen LogP contribution >= 0.6 is 0 Å². The summed E-state index contributed by atoms with van der Waals surface area (Å²) < 4.78 is 16.7. The number of methoxy groups -OCH3 is 2. The lowest BCUT2D eigenvalue weighted by atomic mass is 9.68. The number of hydrogen-bond acceptors (Lipinski definition) is 5. The van der Waals surface area contributed by atoms with E-state index >= 15 is 0 Å². The van der Waals surface area contributed by atoms with E-state index in [0.717, 1.165) is 55.7 Å². The standard InChI is InChI=1S/C25H31NO4/c1-26-14-11-20-15-22(28-2)23(29-3)16-21(20)25(26)12-9-19(10-13-25)24(27)30-17-18-7-5-4-6-8-18/h4-8,15-16,19H,9-14,17H2,1-3H3/t19-,25+. The number of carbonyl (C=O) groups excluding carboxylic acids is 1. The molecule has 5 heteroatoms. The van der Waals surface area contributed by atoms with Gasteiger partial charge in [-0.2, -0.15) is 0 Å². The molecule has 2 aromatic rings. The van der Waals surface area contributed by atoms with E-state index in [1.165, 1.54) is 11.1 Å². The molecular weight excluding hydrogens is 378 g/mol. The maximum Gasteiger partial charge on any atom is 0.309 e. The Balaban J connectivity index is 1.49. The molecule has 5 nitrogen and oxygen atoms in total. The number of fused-ring (bicyclic) bond motifs is 2. The van der Waals surface area contributed by atoms with Gasteiger partial charge in [0.05, 0.1) is 20.1 Å². The number of carbonyl (C=O) groups is 1. The van der Waals surface area contributed by atoms with Crippen molar-refractivity contribution in [2.45, 2.75) is 44.2 Å². The Kier molecular flexibility index (Phi) is 6.00. The SMILES string of the molecule is COc1cc2c(cc1OC)[C@]1(CC[C@H](C(=O)OCc3ccccc3)CC1)N(C)CC2. The van der Waals surface area contributed by atoms with Gasteiger partial charge in [-0.3, -0.25) is 9.69 Å². The summed E-state index contributed by atoms with van der Waals surface area (Å²) in [7, 11) is 5.57. The maximum atomic E-state index is 12.7. The number of esters is 1.